The molecule has 2 heterocycles. The van der Waals surface area contributed by atoms with Gasteiger partial charge in [0.25, 0.3) is 5.91 Å². The lowest BCUT2D eigenvalue weighted by Gasteiger charge is -2.43. The molecule has 3 rings (SSSR count). The van der Waals surface area contributed by atoms with Crippen molar-refractivity contribution in [1.29, 1.82) is 0 Å². The van der Waals surface area contributed by atoms with Crippen molar-refractivity contribution in [3.05, 3.63) is 29.8 Å². The van der Waals surface area contributed by atoms with Crippen LogP contribution in [0.4, 0.5) is 0 Å². The molecule has 1 aromatic carbocycles. The van der Waals surface area contributed by atoms with Crippen LogP contribution >= 0.6 is 11.8 Å². The fourth-order valence-corrected chi connectivity index (χ4v) is 4.78. The fourth-order valence-electron chi connectivity index (χ4n) is 3.30. The van der Waals surface area contributed by atoms with Gasteiger partial charge < -0.3 is 14.8 Å². The summed E-state index contributed by atoms with van der Waals surface area (Å²) in [6, 6.07) is 7.77. The highest BCUT2D eigenvalue weighted by Gasteiger charge is 2.40. The van der Waals surface area contributed by atoms with Crippen LogP contribution in [0.3, 0.4) is 0 Å². The first-order valence-corrected chi connectivity index (χ1v) is 9.70. The highest BCUT2D eigenvalue weighted by molar-refractivity contribution is 7.99. The summed E-state index contributed by atoms with van der Waals surface area (Å²) in [5.41, 5.74) is 1.20. The predicted molar refractivity (Wildman–Crippen MR) is 96.7 cm³/mol. The third kappa shape index (κ3) is 4.43. The molecule has 5 nitrogen and oxygen atoms in total. The summed E-state index contributed by atoms with van der Waals surface area (Å²) in [5, 5.41) is 3.09. The highest BCUT2D eigenvalue weighted by atomic mass is 32.2. The standard InChI is InChI=1S/C18H26N2O3S/c1-15-3-2-4-16(11-15)23-12-17(21)19-13-18(5-10-24-14-18)20-6-8-22-9-7-20/h2-4,11H,5-10,12-14H2,1H3,(H,19,21). The zero-order valence-corrected chi connectivity index (χ0v) is 15.1. The Kier molecular flexibility index (Phi) is 6.03. The number of thioether (sulfide) groups is 1. The van der Waals surface area contributed by atoms with E-state index in [0.29, 0.717) is 6.54 Å². The van der Waals surface area contributed by atoms with Crippen molar-refractivity contribution in [3.63, 3.8) is 0 Å². The summed E-state index contributed by atoms with van der Waals surface area (Å²) >= 11 is 1.97. The number of ether oxygens (including phenoxy) is 2. The zero-order valence-electron chi connectivity index (χ0n) is 14.3. The lowest BCUT2D eigenvalue weighted by atomic mass is 9.95. The Hall–Kier alpha value is -1.24. The van der Waals surface area contributed by atoms with Crippen molar-refractivity contribution < 1.29 is 14.3 Å². The van der Waals surface area contributed by atoms with Gasteiger partial charge in [0.05, 0.1) is 13.2 Å². The van der Waals surface area contributed by atoms with Gasteiger partial charge in [-0.2, -0.15) is 11.8 Å². The minimum Gasteiger partial charge on any atom is -0.484 e. The Bertz CT molecular complexity index is 555. The van der Waals surface area contributed by atoms with Crippen LogP contribution in [0.1, 0.15) is 12.0 Å². The number of benzene rings is 1. The summed E-state index contributed by atoms with van der Waals surface area (Å²) in [4.78, 5) is 14.7. The SMILES string of the molecule is Cc1cccc(OCC(=O)NCC2(N3CCOCC3)CCSC2)c1. The largest absolute Gasteiger partial charge is 0.484 e. The second-order valence-corrected chi connectivity index (χ2v) is 7.61. The van der Waals surface area contributed by atoms with Crippen molar-refractivity contribution in [3.8, 4) is 5.75 Å². The summed E-state index contributed by atoms with van der Waals surface area (Å²) < 4.78 is 11.1. The van der Waals surface area contributed by atoms with E-state index in [4.69, 9.17) is 9.47 Å². The molecule has 1 atom stereocenters. The normalized spacial score (nSPS) is 24.7. The van der Waals surface area contributed by atoms with Crippen molar-refractivity contribution >= 4 is 17.7 Å². The lowest BCUT2D eigenvalue weighted by molar-refractivity contribution is -0.123. The number of hydrogen-bond donors (Lipinski definition) is 1. The quantitative estimate of drug-likeness (QED) is 0.846. The van der Waals surface area contributed by atoms with Crippen LogP contribution in [0.2, 0.25) is 0 Å². The molecule has 2 fully saturated rings. The van der Waals surface area contributed by atoms with Crippen LogP contribution in [-0.4, -0.2) is 67.3 Å². The highest BCUT2D eigenvalue weighted by Crippen LogP contribution is 2.33. The van der Waals surface area contributed by atoms with Gasteiger partial charge in [0, 0.05) is 30.9 Å². The average Bonchev–Trinajstić information content (AvgIpc) is 3.09. The second-order valence-electron chi connectivity index (χ2n) is 6.51. The molecule has 1 N–H and O–H groups in total. The molecule has 24 heavy (non-hydrogen) atoms. The molecule has 1 aromatic rings. The minimum atomic E-state index is -0.0546. The number of morpholine rings is 1. The van der Waals surface area contributed by atoms with E-state index in [2.05, 4.69) is 10.2 Å². The zero-order chi connectivity index (χ0) is 16.8. The molecule has 0 bridgehead atoms. The molecule has 0 saturated carbocycles. The maximum atomic E-state index is 12.2. The molecule has 0 radical (unpaired) electrons. The van der Waals surface area contributed by atoms with Crippen molar-refractivity contribution in [2.45, 2.75) is 18.9 Å². The van der Waals surface area contributed by atoms with E-state index in [1.165, 1.54) is 0 Å². The minimum absolute atomic E-state index is 0.0546. The van der Waals surface area contributed by atoms with Gasteiger partial charge in [-0.15, -0.1) is 0 Å². The summed E-state index contributed by atoms with van der Waals surface area (Å²) in [5.74, 6) is 2.92. The van der Waals surface area contributed by atoms with E-state index >= 15 is 0 Å². The third-order valence-electron chi connectivity index (χ3n) is 4.74. The third-order valence-corrected chi connectivity index (χ3v) is 5.97. The number of amides is 1. The van der Waals surface area contributed by atoms with Crippen LogP contribution in [0.15, 0.2) is 24.3 Å². The molecule has 1 unspecified atom stereocenters. The van der Waals surface area contributed by atoms with Gasteiger partial charge in [0.1, 0.15) is 5.75 Å². The average molecular weight is 350 g/mol. The number of aryl methyl sites for hydroxylation is 1. The lowest BCUT2D eigenvalue weighted by Crippen LogP contribution is -2.59. The molecular formula is C18H26N2O3S. The van der Waals surface area contributed by atoms with Crippen LogP contribution in [0, 0.1) is 6.92 Å². The Balaban J connectivity index is 1.50. The Morgan fingerprint density at radius 3 is 2.96 bits per heavy atom. The summed E-state index contributed by atoms with van der Waals surface area (Å²) in [7, 11) is 0. The van der Waals surface area contributed by atoms with Gasteiger partial charge in [0.2, 0.25) is 0 Å². The fraction of sp³-hybridized carbons (Fsp3) is 0.611. The van der Waals surface area contributed by atoms with Gasteiger partial charge in [-0.25, -0.2) is 0 Å². The smallest absolute Gasteiger partial charge is 0.258 e. The first-order valence-electron chi connectivity index (χ1n) is 8.55. The Labute approximate surface area is 148 Å². The molecule has 0 aliphatic carbocycles. The van der Waals surface area contributed by atoms with Crippen molar-refractivity contribution in [2.75, 3.05) is 51.0 Å². The summed E-state index contributed by atoms with van der Waals surface area (Å²) in [6.45, 7) is 6.25. The monoisotopic (exact) mass is 350 g/mol. The topological polar surface area (TPSA) is 50.8 Å². The molecule has 132 valence electrons. The first kappa shape index (κ1) is 17.6. The Morgan fingerprint density at radius 2 is 2.25 bits per heavy atom. The molecule has 0 aromatic heterocycles. The van der Waals surface area contributed by atoms with Crippen LogP contribution in [0.25, 0.3) is 0 Å². The number of rotatable bonds is 6. The molecule has 2 aliphatic rings. The van der Waals surface area contributed by atoms with E-state index in [-0.39, 0.29) is 18.1 Å². The van der Waals surface area contributed by atoms with E-state index in [1.807, 2.05) is 43.0 Å². The van der Waals surface area contributed by atoms with Crippen molar-refractivity contribution in [2.24, 2.45) is 0 Å². The number of hydrogen-bond acceptors (Lipinski definition) is 5. The van der Waals surface area contributed by atoms with Crippen molar-refractivity contribution in [1.82, 2.24) is 10.2 Å². The Morgan fingerprint density at radius 1 is 1.42 bits per heavy atom. The maximum absolute atomic E-state index is 12.2. The van der Waals surface area contributed by atoms with Gasteiger partial charge in [-0.1, -0.05) is 12.1 Å². The number of carbonyl (C=O) groups is 1. The molecule has 2 aliphatic heterocycles. The first-order chi connectivity index (χ1) is 11.7. The van der Waals surface area contributed by atoms with E-state index in [0.717, 1.165) is 55.5 Å². The molecule has 2 saturated heterocycles. The van der Waals surface area contributed by atoms with Crippen LogP contribution in [0.5, 0.6) is 5.75 Å². The number of carbonyl (C=O) groups excluding carboxylic acids is 1. The molecule has 1 amide bonds. The number of nitrogens with zero attached hydrogens (tertiary/aromatic N) is 1. The molecular weight excluding hydrogens is 324 g/mol. The van der Waals surface area contributed by atoms with Crippen LogP contribution in [-0.2, 0) is 9.53 Å². The maximum Gasteiger partial charge on any atom is 0.258 e. The second kappa shape index (κ2) is 8.23. The molecule has 0 spiro atoms. The number of nitrogens with one attached hydrogen (secondary N) is 1. The van der Waals surface area contributed by atoms with E-state index in [9.17, 15) is 4.79 Å². The van der Waals surface area contributed by atoms with Crippen LogP contribution < -0.4 is 10.1 Å². The molecule has 6 heteroatoms. The van der Waals surface area contributed by atoms with Gasteiger partial charge in [0.15, 0.2) is 6.61 Å². The predicted octanol–water partition coefficient (Wildman–Crippen LogP) is 1.70. The van der Waals surface area contributed by atoms with Gasteiger partial charge in [-0.3, -0.25) is 9.69 Å². The van der Waals surface area contributed by atoms with Gasteiger partial charge in [-0.05, 0) is 36.8 Å². The van der Waals surface area contributed by atoms with E-state index in [1.54, 1.807) is 0 Å². The summed E-state index contributed by atoms with van der Waals surface area (Å²) in [6.07, 6.45) is 1.12. The van der Waals surface area contributed by atoms with E-state index < -0.39 is 0 Å². The van der Waals surface area contributed by atoms with Gasteiger partial charge >= 0.3 is 0 Å².